The van der Waals surface area contributed by atoms with E-state index in [0.717, 1.165) is 17.9 Å². The molecular formula is C15H20O3S. The number of ether oxygens (including phenoxy) is 2. The lowest BCUT2D eigenvalue weighted by atomic mass is 10.1. The normalized spacial score (nSPS) is 18.6. The maximum atomic E-state index is 11.2. The van der Waals surface area contributed by atoms with E-state index in [1.807, 2.05) is 13.0 Å². The summed E-state index contributed by atoms with van der Waals surface area (Å²) in [5.74, 6) is 1.77. The van der Waals surface area contributed by atoms with E-state index in [2.05, 4.69) is 23.8 Å². The smallest absolute Gasteiger partial charge is 0.306 e. The molecule has 104 valence electrons. The molecule has 1 aromatic rings. The molecule has 19 heavy (non-hydrogen) atoms. The van der Waals surface area contributed by atoms with Crippen LogP contribution in [-0.4, -0.2) is 30.2 Å². The Bertz CT molecular complexity index is 459. The first-order valence-electron chi connectivity index (χ1n) is 6.53. The van der Waals surface area contributed by atoms with Crippen molar-refractivity contribution in [2.24, 2.45) is 0 Å². The van der Waals surface area contributed by atoms with Crippen molar-refractivity contribution in [1.82, 2.24) is 0 Å². The molecule has 0 spiro atoms. The van der Waals surface area contributed by atoms with Crippen LogP contribution >= 0.6 is 11.8 Å². The highest BCUT2D eigenvalue weighted by Gasteiger charge is 2.23. The molecule has 2 unspecified atom stereocenters. The molecular weight excluding hydrogens is 260 g/mol. The van der Waals surface area contributed by atoms with Gasteiger partial charge in [0.15, 0.2) is 0 Å². The highest BCUT2D eigenvalue weighted by molar-refractivity contribution is 7.99. The van der Waals surface area contributed by atoms with Gasteiger partial charge in [0.25, 0.3) is 0 Å². The molecule has 0 fully saturated rings. The van der Waals surface area contributed by atoms with E-state index in [4.69, 9.17) is 4.74 Å². The highest BCUT2D eigenvalue weighted by Crippen LogP contribution is 2.31. The fraction of sp³-hybridized carbons (Fsp3) is 0.533. The third-order valence-electron chi connectivity index (χ3n) is 3.21. The van der Waals surface area contributed by atoms with Crippen molar-refractivity contribution in [2.75, 3.05) is 12.9 Å². The lowest BCUT2D eigenvalue weighted by Crippen LogP contribution is -2.19. The molecule has 0 saturated carbocycles. The summed E-state index contributed by atoms with van der Waals surface area (Å²) in [6, 6.07) is 6.32. The summed E-state index contributed by atoms with van der Waals surface area (Å²) in [7, 11) is 1.43. The molecule has 2 rings (SSSR count). The van der Waals surface area contributed by atoms with Gasteiger partial charge in [-0.05, 0) is 18.6 Å². The Kier molecular flexibility index (Phi) is 4.75. The van der Waals surface area contributed by atoms with Crippen LogP contribution in [-0.2, 0) is 16.0 Å². The van der Waals surface area contributed by atoms with Crippen molar-refractivity contribution in [3.05, 3.63) is 29.3 Å². The monoisotopic (exact) mass is 280 g/mol. The van der Waals surface area contributed by atoms with Crippen molar-refractivity contribution < 1.29 is 14.3 Å². The Morgan fingerprint density at radius 2 is 2.37 bits per heavy atom. The second-order valence-corrected chi connectivity index (χ2v) is 6.45. The maximum Gasteiger partial charge on any atom is 0.306 e. The van der Waals surface area contributed by atoms with E-state index in [1.54, 1.807) is 11.8 Å². The minimum atomic E-state index is -0.147. The molecule has 1 heterocycles. The number of hydrogen-bond acceptors (Lipinski definition) is 4. The average Bonchev–Trinajstić information content (AvgIpc) is 2.78. The first kappa shape index (κ1) is 14.3. The molecule has 1 aliphatic rings. The second-order valence-electron chi connectivity index (χ2n) is 4.98. The molecule has 0 bridgehead atoms. The molecule has 0 aliphatic carbocycles. The molecule has 0 saturated heterocycles. The molecule has 0 radical (unpaired) electrons. The zero-order chi connectivity index (χ0) is 13.8. The third-order valence-corrected chi connectivity index (χ3v) is 4.51. The standard InChI is InChI=1S/C15H20O3S/c1-10-4-5-14-12(6-10)8-13(18-14)9-19-11(2)7-15(16)17-3/h4-6,11,13H,7-9H2,1-3H3. The van der Waals surface area contributed by atoms with E-state index in [9.17, 15) is 4.79 Å². The van der Waals surface area contributed by atoms with Crippen LogP contribution in [0, 0.1) is 6.92 Å². The first-order chi connectivity index (χ1) is 9.08. The van der Waals surface area contributed by atoms with E-state index in [-0.39, 0.29) is 17.3 Å². The van der Waals surface area contributed by atoms with Gasteiger partial charge in [-0.15, -0.1) is 0 Å². The van der Waals surface area contributed by atoms with E-state index in [0.29, 0.717) is 6.42 Å². The van der Waals surface area contributed by atoms with E-state index < -0.39 is 0 Å². The number of fused-ring (bicyclic) bond motifs is 1. The quantitative estimate of drug-likeness (QED) is 0.777. The minimum absolute atomic E-state index is 0.147. The van der Waals surface area contributed by atoms with Gasteiger partial charge in [-0.25, -0.2) is 0 Å². The minimum Gasteiger partial charge on any atom is -0.489 e. The number of benzene rings is 1. The van der Waals surface area contributed by atoms with Crippen molar-refractivity contribution in [2.45, 2.75) is 38.0 Å². The van der Waals surface area contributed by atoms with Gasteiger partial charge in [-0.3, -0.25) is 4.79 Å². The summed E-state index contributed by atoms with van der Waals surface area (Å²) in [5, 5.41) is 0.265. The number of aryl methyl sites for hydroxylation is 1. The Hall–Kier alpha value is -1.16. The van der Waals surface area contributed by atoms with Crippen molar-refractivity contribution in [3.63, 3.8) is 0 Å². The SMILES string of the molecule is COC(=O)CC(C)SCC1Cc2cc(C)ccc2O1. The van der Waals surface area contributed by atoms with Crippen LogP contribution in [0.3, 0.4) is 0 Å². The topological polar surface area (TPSA) is 35.5 Å². The van der Waals surface area contributed by atoms with Gasteiger partial charge < -0.3 is 9.47 Å². The zero-order valence-electron chi connectivity index (χ0n) is 11.6. The predicted molar refractivity (Wildman–Crippen MR) is 77.9 cm³/mol. The number of carbonyl (C=O) groups excluding carboxylic acids is 1. The molecule has 2 atom stereocenters. The van der Waals surface area contributed by atoms with E-state index >= 15 is 0 Å². The van der Waals surface area contributed by atoms with Gasteiger partial charge in [0.1, 0.15) is 11.9 Å². The van der Waals surface area contributed by atoms with Crippen molar-refractivity contribution in [1.29, 1.82) is 0 Å². The van der Waals surface area contributed by atoms with Crippen LogP contribution in [0.2, 0.25) is 0 Å². The number of methoxy groups -OCH3 is 1. The summed E-state index contributed by atoms with van der Waals surface area (Å²) in [6.45, 7) is 4.15. The largest absolute Gasteiger partial charge is 0.489 e. The summed E-state index contributed by atoms with van der Waals surface area (Å²) < 4.78 is 10.6. The number of thioether (sulfide) groups is 1. The molecule has 4 heteroatoms. The predicted octanol–water partition coefficient (Wildman–Crippen LogP) is 2.98. The van der Waals surface area contributed by atoms with Crippen molar-refractivity contribution >= 4 is 17.7 Å². The molecule has 0 amide bonds. The molecule has 0 N–H and O–H groups in total. The van der Waals surface area contributed by atoms with Gasteiger partial charge in [0, 0.05) is 17.4 Å². The van der Waals surface area contributed by atoms with Crippen LogP contribution in [0.5, 0.6) is 5.75 Å². The summed E-state index contributed by atoms with van der Waals surface area (Å²) in [4.78, 5) is 11.2. The second kappa shape index (κ2) is 6.33. The van der Waals surface area contributed by atoms with Gasteiger partial charge >= 0.3 is 5.97 Å². The zero-order valence-corrected chi connectivity index (χ0v) is 12.5. The average molecular weight is 280 g/mol. The number of carbonyl (C=O) groups is 1. The van der Waals surface area contributed by atoms with Gasteiger partial charge in [-0.1, -0.05) is 24.6 Å². The Morgan fingerprint density at radius 3 is 3.11 bits per heavy atom. The first-order valence-corrected chi connectivity index (χ1v) is 7.58. The maximum absolute atomic E-state index is 11.2. The lowest BCUT2D eigenvalue weighted by molar-refractivity contribution is -0.140. The molecule has 1 aliphatic heterocycles. The van der Waals surface area contributed by atoms with Crippen LogP contribution in [0.1, 0.15) is 24.5 Å². The number of rotatable bonds is 5. The number of esters is 1. The summed E-state index contributed by atoms with van der Waals surface area (Å²) >= 11 is 1.77. The highest BCUT2D eigenvalue weighted by atomic mass is 32.2. The summed E-state index contributed by atoms with van der Waals surface area (Å²) in [5.41, 5.74) is 2.57. The summed E-state index contributed by atoms with van der Waals surface area (Å²) in [6.07, 6.45) is 1.65. The molecule has 0 aromatic heterocycles. The third kappa shape index (κ3) is 3.90. The fourth-order valence-electron chi connectivity index (χ4n) is 2.19. The van der Waals surface area contributed by atoms with Gasteiger partial charge in [0.05, 0.1) is 13.5 Å². The van der Waals surface area contributed by atoms with Gasteiger partial charge in [-0.2, -0.15) is 11.8 Å². The Morgan fingerprint density at radius 1 is 1.58 bits per heavy atom. The molecule has 1 aromatic carbocycles. The fourth-order valence-corrected chi connectivity index (χ4v) is 3.17. The van der Waals surface area contributed by atoms with Crippen LogP contribution in [0.25, 0.3) is 0 Å². The number of hydrogen-bond donors (Lipinski definition) is 0. The van der Waals surface area contributed by atoms with Gasteiger partial charge in [0.2, 0.25) is 0 Å². The van der Waals surface area contributed by atoms with Crippen molar-refractivity contribution in [3.8, 4) is 5.75 Å². The van der Waals surface area contributed by atoms with E-state index in [1.165, 1.54) is 18.2 Å². The Balaban J connectivity index is 1.79. The van der Waals surface area contributed by atoms with Crippen LogP contribution in [0.4, 0.5) is 0 Å². The Labute approximate surface area is 118 Å². The van der Waals surface area contributed by atoms with Crippen LogP contribution in [0.15, 0.2) is 18.2 Å². The van der Waals surface area contributed by atoms with Crippen LogP contribution < -0.4 is 4.74 Å². The molecule has 3 nitrogen and oxygen atoms in total. The lowest BCUT2D eigenvalue weighted by Gasteiger charge is -2.14.